The molecule has 1 amide bonds. The maximum Gasteiger partial charge on any atom is 0.235 e. The molecule has 6 nitrogen and oxygen atoms in total. The molecule has 0 radical (unpaired) electrons. The van der Waals surface area contributed by atoms with Gasteiger partial charge >= 0.3 is 0 Å². The fourth-order valence-corrected chi connectivity index (χ4v) is 3.29. The summed E-state index contributed by atoms with van der Waals surface area (Å²) in [6.07, 6.45) is 5.97. The average molecular weight is 283 g/mol. The van der Waals surface area contributed by atoms with Gasteiger partial charge in [0.25, 0.3) is 0 Å². The molecule has 0 unspecified atom stereocenters. The van der Waals surface area contributed by atoms with E-state index in [4.69, 9.17) is 5.73 Å². The van der Waals surface area contributed by atoms with Crippen molar-refractivity contribution in [2.24, 2.45) is 0 Å². The zero-order valence-corrected chi connectivity index (χ0v) is 12.2. The number of H-pyrrole nitrogens is 1. The molecule has 0 aromatic carbocycles. The molecule has 1 aliphatic rings. The Morgan fingerprint density at radius 3 is 2.74 bits per heavy atom. The van der Waals surface area contributed by atoms with Gasteiger partial charge in [-0.05, 0) is 19.8 Å². The molecule has 1 heterocycles. The number of nitrogens with zero attached hydrogens (tertiary/aromatic N) is 3. The van der Waals surface area contributed by atoms with Crippen LogP contribution in [0.5, 0.6) is 0 Å². The lowest BCUT2D eigenvalue weighted by atomic mass is 9.94. The molecule has 106 valence electrons. The highest BCUT2D eigenvalue weighted by molar-refractivity contribution is 8.00. The van der Waals surface area contributed by atoms with Crippen LogP contribution in [-0.2, 0) is 4.79 Å². The van der Waals surface area contributed by atoms with Gasteiger partial charge in [-0.2, -0.15) is 4.98 Å². The van der Waals surface area contributed by atoms with E-state index in [0.717, 1.165) is 12.8 Å². The molecular weight excluding hydrogens is 262 g/mol. The van der Waals surface area contributed by atoms with E-state index in [2.05, 4.69) is 15.2 Å². The van der Waals surface area contributed by atoms with Crippen LogP contribution in [0.15, 0.2) is 5.16 Å². The maximum absolute atomic E-state index is 12.4. The largest absolute Gasteiger partial charge is 0.368 e. The van der Waals surface area contributed by atoms with Gasteiger partial charge in [0, 0.05) is 13.1 Å². The molecule has 1 aromatic heterocycles. The molecule has 1 aromatic rings. The third-order valence-electron chi connectivity index (χ3n) is 3.58. The van der Waals surface area contributed by atoms with E-state index in [-0.39, 0.29) is 17.1 Å². The van der Waals surface area contributed by atoms with Crippen molar-refractivity contribution in [3.05, 3.63) is 0 Å². The third-order valence-corrected chi connectivity index (χ3v) is 4.53. The molecule has 0 aliphatic heterocycles. The summed E-state index contributed by atoms with van der Waals surface area (Å²) in [6.45, 7) is 1.89. The first-order valence-corrected chi connectivity index (χ1v) is 7.57. The summed E-state index contributed by atoms with van der Waals surface area (Å²) in [5.41, 5.74) is 5.47. The van der Waals surface area contributed by atoms with Gasteiger partial charge < -0.3 is 10.6 Å². The smallest absolute Gasteiger partial charge is 0.235 e. The molecule has 0 saturated heterocycles. The number of carbonyl (C=O) groups is 1. The Morgan fingerprint density at radius 1 is 1.47 bits per heavy atom. The number of nitrogen functional groups attached to an aromatic ring is 1. The van der Waals surface area contributed by atoms with Gasteiger partial charge in [0.15, 0.2) is 0 Å². The van der Waals surface area contributed by atoms with Crippen LogP contribution in [0, 0.1) is 0 Å². The Labute approximate surface area is 117 Å². The van der Waals surface area contributed by atoms with Gasteiger partial charge in [0.05, 0.1) is 5.25 Å². The lowest BCUT2D eigenvalue weighted by Gasteiger charge is -2.32. The van der Waals surface area contributed by atoms with Crippen molar-refractivity contribution in [3.63, 3.8) is 0 Å². The summed E-state index contributed by atoms with van der Waals surface area (Å²) in [6, 6.07) is 0.390. The van der Waals surface area contributed by atoms with Gasteiger partial charge in [-0.15, -0.1) is 5.10 Å². The highest BCUT2D eigenvalue weighted by Crippen LogP contribution is 2.25. The number of rotatable bonds is 4. The maximum atomic E-state index is 12.4. The molecular formula is C12H21N5OS. The van der Waals surface area contributed by atoms with Gasteiger partial charge in [-0.1, -0.05) is 31.0 Å². The van der Waals surface area contributed by atoms with Crippen molar-refractivity contribution in [2.75, 3.05) is 12.8 Å². The van der Waals surface area contributed by atoms with Crippen LogP contribution in [0.25, 0.3) is 0 Å². The number of aromatic nitrogens is 3. The van der Waals surface area contributed by atoms with Crippen molar-refractivity contribution in [3.8, 4) is 0 Å². The van der Waals surface area contributed by atoms with Crippen LogP contribution in [0.4, 0.5) is 5.95 Å². The number of thioether (sulfide) groups is 1. The first-order valence-electron chi connectivity index (χ1n) is 6.69. The first kappa shape index (κ1) is 14.2. The molecule has 1 aliphatic carbocycles. The fourth-order valence-electron chi connectivity index (χ4n) is 2.45. The van der Waals surface area contributed by atoms with Crippen molar-refractivity contribution in [2.45, 2.75) is 55.5 Å². The highest BCUT2D eigenvalue weighted by atomic mass is 32.2. The van der Waals surface area contributed by atoms with Gasteiger partial charge in [0.2, 0.25) is 17.0 Å². The van der Waals surface area contributed by atoms with Crippen LogP contribution in [0.1, 0.15) is 39.0 Å². The average Bonchev–Trinajstić information content (AvgIpc) is 2.83. The topological polar surface area (TPSA) is 87.9 Å². The molecule has 0 bridgehead atoms. The van der Waals surface area contributed by atoms with E-state index < -0.39 is 0 Å². The monoisotopic (exact) mass is 283 g/mol. The highest BCUT2D eigenvalue weighted by Gasteiger charge is 2.26. The van der Waals surface area contributed by atoms with Crippen molar-refractivity contribution in [1.29, 1.82) is 0 Å². The van der Waals surface area contributed by atoms with Crippen LogP contribution in [0.2, 0.25) is 0 Å². The zero-order chi connectivity index (χ0) is 13.8. The third kappa shape index (κ3) is 3.62. The Balaban J connectivity index is 1.90. The molecule has 1 saturated carbocycles. The summed E-state index contributed by atoms with van der Waals surface area (Å²) >= 11 is 1.34. The SMILES string of the molecule is C[C@H](Sc1n[nH]c(N)n1)C(=O)N(C)C1CCCCC1. The van der Waals surface area contributed by atoms with Gasteiger partial charge in [-0.25, -0.2) is 5.10 Å². The minimum Gasteiger partial charge on any atom is -0.368 e. The molecule has 1 fully saturated rings. The molecule has 19 heavy (non-hydrogen) atoms. The number of hydrogen-bond donors (Lipinski definition) is 2. The molecule has 0 spiro atoms. The summed E-state index contributed by atoms with van der Waals surface area (Å²) in [5.74, 6) is 0.419. The zero-order valence-electron chi connectivity index (χ0n) is 11.4. The molecule has 1 atom stereocenters. The Kier molecular flexibility index (Phi) is 4.68. The number of nitrogens with one attached hydrogen (secondary N) is 1. The van der Waals surface area contributed by atoms with Crippen LogP contribution < -0.4 is 5.73 Å². The summed E-state index contributed by atoms with van der Waals surface area (Å²) in [7, 11) is 1.90. The van der Waals surface area contributed by atoms with E-state index in [1.807, 2.05) is 18.9 Å². The van der Waals surface area contributed by atoms with Crippen LogP contribution in [-0.4, -0.2) is 44.3 Å². The lowest BCUT2D eigenvalue weighted by Crippen LogP contribution is -2.42. The van der Waals surface area contributed by atoms with Crippen molar-refractivity contribution in [1.82, 2.24) is 20.1 Å². The summed E-state index contributed by atoms with van der Waals surface area (Å²) in [5, 5.41) is 6.85. The van der Waals surface area contributed by atoms with E-state index in [0.29, 0.717) is 11.2 Å². The van der Waals surface area contributed by atoms with E-state index in [1.165, 1.54) is 31.0 Å². The molecule has 2 rings (SSSR count). The Morgan fingerprint density at radius 2 is 2.16 bits per heavy atom. The molecule has 3 N–H and O–H groups in total. The minimum absolute atomic E-state index is 0.139. The number of hydrogen-bond acceptors (Lipinski definition) is 5. The summed E-state index contributed by atoms with van der Waals surface area (Å²) < 4.78 is 0. The van der Waals surface area contributed by atoms with Crippen molar-refractivity contribution >= 4 is 23.6 Å². The number of carbonyl (C=O) groups excluding carboxylic acids is 1. The number of amides is 1. The summed E-state index contributed by atoms with van der Waals surface area (Å²) in [4.78, 5) is 18.3. The van der Waals surface area contributed by atoms with E-state index >= 15 is 0 Å². The fraction of sp³-hybridized carbons (Fsp3) is 0.750. The van der Waals surface area contributed by atoms with E-state index in [1.54, 1.807) is 0 Å². The molecule has 7 heteroatoms. The van der Waals surface area contributed by atoms with Gasteiger partial charge in [-0.3, -0.25) is 4.79 Å². The lowest BCUT2D eigenvalue weighted by molar-refractivity contribution is -0.131. The number of nitrogens with two attached hydrogens (primary N) is 1. The Hall–Kier alpha value is -1.24. The van der Waals surface area contributed by atoms with Crippen molar-refractivity contribution < 1.29 is 4.79 Å². The normalized spacial score (nSPS) is 18.2. The number of aromatic amines is 1. The predicted molar refractivity (Wildman–Crippen MR) is 75.8 cm³/mol. The standard InChI is InChI=1S/C12H21N5OS/c1-8(19-12-14-11(13)15-16-12)10(18)17(2)9-6-4-3-5-7-9/h8-9H,3-7H2,1-2H3,(H3,13,14,15,16)/t8-/m0/s1. The minimum atomic E-state index is -0.192. The second-order valence-electron chi connectivity index (χ2n) is 5.00. The van der Waals surface area contributed by atoms with Crippen LogP contribution >= 0.6 is 11.8 Å². The van der Waals surface area contributed by atoms with Gasteiger partial charge in [0.1, 0.15) is 0 Å². The van der Waals surface area contributed by atoms with Crippen LogP contribution in [0.3, 0.4) is 0 Å². The number of anilines is 1. The predicted octanol–water partition coefficient (Wildman–Crippen LogP) is 1.66. The second kappa shape index (κ2) is 6.27. The second-order valence-corrected chi connectivity index (χ2v) is 6.31. The first-order chi connectivity index (χ1) is 9.08. The Bertz CT molecular complexity index is 430. The van der Waals surface area contributed by atoms with E-state index in [9.17, 15) is 4.79 Å². The quantitative estimate of drug-likeness (QED) is 0.820.